The van der Waals surface area contributed by atoms with Crippen LogP contribution in [0.3, 0.4) is 0 Å². The molecule has 0 atom stereocenters. The Labute approximate surface area is 123 Å². The van der Waals surface area contributed by atoms with E-state index in [0.29, 0.717) is 0 Å². The Morgan fingerprint density at radius 1 is 1.29 bits per heavy atom. The number of fused-ring (bicyclic) bond motifs is 1. The molecule has 112 valence electrons. The maximum atomic E-state index is 12.2. The normalized spacial score (nSPS) is 11.6. The number of hydrogen-bond acceptors (Lipinski definition) is 2. The minimum Gasteiger partial charge on any atom is -0.477 e. The summed E-state index contributed by atoms with van der Waals surface area (Å²) in [6.07, 6.45) is 0.803. The van der Waals surface area contributed by atoms with E-state index in [1.165, 1.54) is 0 Å². The lowest BCUT2D eigenvalue weighted by atomic mass is 10.0. The van der Waals surface area contributed by atoms with Crippen LogP contribution in [-0.2, 0) is 11.3 Å². The molecule has 0 radical (unpaired) electrons. The lowest BCUT2D eigenvalue weighted by molar-refractivity contribution is -0.123. The molecular weight excluding hydrogens is 268 g/mol. The fourth-order valence-electron chi connectivity index (χ4n) is 2.21. The van der Waals surface area contributed by atoms with Crippen LogP contribution in [0.1, 0.15) is 37.7 Å². The number of amides is 1. The first-order valence-electron chi connectivity index (χ1n) is 6.96. The molecule has 0 unspecified atom stereocenters. The molecule has 21 heavy (non-hydrogen) atoms. The fourth-order valence-corrected chi connectivity index (χ4v) is 2.21. The highest BCUT2D eigenvalue weighted by molar-refractivity contribution is 5.95. The third kappa shape index (κ3) is 3.24. The quantitative estimate of drug-likeness (QED) is 0.888. The number of aromatic nitrogens is 1. The molecule has 0 aliphatic rings. The van der Waals surface area contributed by atoms with Crippen LogP contribution >= 0.6 is 0 Å². The Kier molecular flexibility index (Phi) is 4.02. The van der Waals surface area contributed by atoms with Gasteiger partial charge in [-0.3, -0.25) is 4.79 Å². The number of carbonyl (C=O) groups excluding carboxylic acids is 1. The number of hydrogen-bond donors (Lipinski definition) is 2. The molecule has 0 spiro atoms. The number of nitrogens with zero attached hydrogens (tertiary/aromatic N) is 1. The number of para-hydroxylation sites is 1. The molecule has 5 nitrogen and oxygen atoms in total. The number of carboxylic acids is 1. The monoisotopic (exact) mass is 288 g/mol. The van der Waals surface area contributed by atoms with Crippen LogP contribution in [0.4, 0.5) is 0 Å². The molecule has 1 aromatic heterocycles. The summed E-state index contributed by atoms with van der Waals surface area (Å²) in [5.41, 5.74) is 0.573. The summed E-state index contributed by atoms with van der Waals surface area (Å²) in [6.45, 7) is 5.88. The van der Waals surface area contributed by atoms with Gasteiger partial charge < -0.3 is 15.0 Å². The topological polar surface area (TPSA) is 71.3 Å². The van der Waals surface area contributed by atoms with Crippen molar-refractivity contribution in [3.8, 4) is 0 Å². The van der Waals surface area contributed by atoms with Crippen LogP contribution in [0.5, 0.6) is 0 Å². The van der Waals surface area contributed by atoms with Gasteiger partial charge in [-0.2, -0.15) is 0 Å². The van der Waals surface area contributed by atoms with Gasteiger partial charge in [-0.25, -0.2) is 4.79 Å². The second-order valence-corrected chi connectivity index (χ2v) is 5.77. The van der Waals surface area contributed by atoms with Crippen molar-refractivity contribution in [2.45, 2.75) is 39.3 Å². The molecule has 2 aromatic rings. The number of carboxylic acid groups (broad SMARTS) is 1. The Bertz CT molecular complexity index is 686. The minimum absolute atomic E-state index is 0.00141. The fraction of sp³-hybridized carbons (Fsp3) is 0.375. The first-order valence-corrected chi connectivity index (χ1v) is 6.96. The lowest BCUT2D eigenvalue weighted by Gasteiger charge is -2.24. The summed E-state index contributed by atoms with van der Waals surface area (Å²) in [4.78, 5) is 23.5. The highest BCUT2D eigenvalue weighted by Crippen LogP contribution is 2.20. The van der Waals surface area contributed by atoms with Crippen LogP contribution in [-0.4, -0.2) is 27.1 Å². The van der Waals surface area contributed by atoms with Gasteiger partial charge in [0.2, 0.25) is 5.91 Å². The van der Waals surface area contributed by atoms with Gasteiger partial charge in [-0.05, 0) is 32.4 Å². The largest absolute Gasteiger partial charge is 0.477 e. The maximum absolute atomic E-state index is 12.2. The number of benzene rings is 1. The van der Waals surface area contributed by atoms with E-state index < -0.39 is 5.97 Å². The zero-order valence-corrected chi connectivity index (χ0v) is 12.5. The van der Waals surface area contributed by atoms with E-state index in [1.54, 1.807) is 10.6 Å². The Morgan fingerprint density at radius 3 is 2.57 bits per heavy atom. The zero-order valence-electron chi connectivity index (χ0n) is 12.5. The summed E-state index contributed by atoms with van der Waals surface area (Å²) in [6, 6.07) is 8.93. The van der Waals surface area contributed by atoms with Gasteiger partial charge in [0.25, 0.3) is 0 Å². The van der Waals surface area contributed by atoms with E-state index in [1.807, 2.05) is 45.0 Å². The molecule has 1 aromatic carbocycles. The van der Waals surface area contributed by atoms with E-state index in [2.05, 4.69) is 5.32 Å². The molecule has 0 fully saturated rings. The van der Waals surface area contributed by atoms with Crippen molar-refractivity contribution in [1.29, 1.82) is 0 Å². The average Bonchev–Trinajstić information content (AvgIpc) is 2.77. The van der Waals surface area contributed by atoms with Gasteiger partial charge in [0.1, 0.15) is 12.2 Å². The van der Waals surface area contributed by atoms with Crippen molar-refractivity contribution in [1.82, 2.24) is 9.88 Å². The minimum atomic E-state index is -1.03. The van der Waals surface area contributed by atoms with Crippen molar-refractivity contribution in [2.75, 3.05) is 0 Å². The third-order valence-corrected chi connectivity index (χ3v) is 3.69. The molecule has 0 aliphatic heterocycles. The predicted molar refractivity (Wildman–Crippen MR) is 81.4 cm³/mol. The van der Waals surface area contributed by atoms with Crippen LogP contribution in [0, 0.1) is 0 Å². The van der Waals surface area contributed by atoms with Crippen LogP contribution in [0.15, 0.2) is 30.3 Å². The predicted octanol–water partition coefficient (Wildman–Crippen LogP) is 2.64. The van der Waals surface area contributed by atoms with Gasteiger partial charge in [-0.15, -0.1) is 0 Å². The molecule has 2 N–H and O–H groups in total. The number of nitrogens with one attached hydrogen (secondary N) is 1. The van der Waals surface area contributed by atoms with Gasteiger partial charge in [-0.1, -0.05) is 25.1 Å². The standard InChI is InChI=1S/C16H20N2O3/c1-4-16(2,3)17-14(19)10-18-12-8-6-5-7-11(12)9-13(18)15(20)21/h5-9H,4,10H2,1-3H3,(H,17,19)(H,20,21). The first kappa shape index (κ1) is 15.1. The molecule has 1 heterocycles. The first-order chi connectivity index (χ1) is 9.84. The number of carbonyl (C=O) groups is 2. The second-order valence-electron chi connectivity index (χ2n) is 5.77. The molecule has 0 bridgehead atoms. The van der Waals surface area contributed by atoms with Gasteiger partial charge in [0, 0.05) is 16.4 Å². The van der Waals surface area contributed by atoms with Crippen molar-refractivity contribution in [3.05, 3.63) is 36.0 Å². The lowest BCUT2D eigenvalue weighted by Crippen LogP contribution is -2.44. The highest BCUT2D eigenvalue weighted by atomic mass is 16.4. The van der Waals surface area contributed by atoms with Crippen molar-refractivity contribution in [3.63, 3.8) is 0 Å². The summed E-state index contributed by atoms with van der Waals surface area (Å²) in [7, 11) is 0. The van der Waals surface area contributed by atoms with Crippen LogP contribution in [0.2, 0.25) is 0 Å². The molecule has 2 rings (SSSR count). The Hall–Kier alpha value is -2.30. The molecular formula is C16H20N2O3. The SMILES string of the molecule is CCC(C)(C)NC(=O)Cn1c(C(=O)O)cc2ccccc21. The van der Waals surface area contributed by atoms with Crippen LogP contribution in [0.25, 0.3) is 10.9 Å². The van der Waals surface area contributed by atoms with E-state index in [-0.39, 0.29) is 23.7 Å². The summed E-state index contributed by atoms with van der Waals surface area (Å²) in [5, 5.41) is 13.0. The molecule has 5 heteroatoms. The molecule has 1 amide bonds. The van der Waals surface area contributed by atoms with E-state index >= 15 is 0 Å². The van der Waals surface area contributed by atoms with Gasteiger partial charge in [0.15, 0.2) is 0 Å². The van der Waals surface area contributed by atoms with Crippen molar-refractivity contribution in [2.24, 2.45) is 0 Å². The van der Waals surface area contributed by atoms with Crippen LogP contribution < -0.4 is 5.32 Å². The maximum Gasteiger partial charge on any atom is 0.352 e. The summed E-state index contributed by atoms with van der Waals surface area (Å²) >= 11 is 0. The number of aromatic carboxylic acids is 1. The van der Waals surface area contributed by atoms with Gasteiger partial charge in [0.05, 0.1) is 0 Å². The molecule has 0 aliphatic carbocycles. The van der Waals surface area contributed by atoms with Crippen molar-refractivity contribution < 1.29 is 14.7 Å². The Balaban J connectivity index is 2.35. The third-order valence-electron chi connectivity index (χ3n) is 3.69. The average molecular weight is 288 g/mol. The summed E-state index contributed by atoms with van der Waals surface area (Å²) < 4.78 is 1.54. The second kappa shape index (κ2) is 5.60. The molecule has 0 saturated heterocycles. The van der Waals surface area contributed by atoms with E-state index in [4.69, 9.17) is 0 Å². The van der Waals surface area contributed by atoms with E-state index in [9.17, 15) is 14.7 Å². The Morgan fingerprint density at radius 2 is 1.95 bits per heavy atom. The smallest absolute Gasteiger partial charge is 0.352 e. The zero-order chi connectivity index (χ0) is 15.6. The summed E-state index contributed by atoms with van der Waals surface area (Å²) in [5.74, 6) is -1.22. The van der Waals surface area contributed by atoms with E-state index in [0.717, 1.165) is 17.3 Å². The highest BCUT2D eigenvalue weighted by Gasteiger charge is 2.21. The van der Waals surface area contributed by atoms with Gasteiger partial charge >= 0.3 is 5.97 Å². The number of rotatable bonds is 5. The molecule has 0 saturated carbocycles. The van der Waals surface area contributed by atoms with Crippen molar-refractivity contribution >= 4 is 22.8 Å².